The van der Waals surface area contributed by atoms with Gasteiger partial charge in [0.1, 0.15) is 60.5 Å². The van der Waals surface area contributed by atoms with Crippen molar-refractivity contribution in [3.8, 4) is 89.5 Å². The molecule has 4 saturated heterocycles. The number of halogens is 5. The Morgan fingerprint density at radius 2 is 0.591 bits per heavy atom. The van der Waals surface area contributed by atoms with Gasteiger partial charge in [-0.1, -0.05) is 233 Å². The molecule has 16 aromatic rings. The molecule has 0 saturated carbocycles. The molecule has 748 valence electrons. The topological polar surface area (TPSA) is 201 Å². The van der Waals surface area contributed by atoms with Crippen LogP contribution < -0.4 is 4.73 Å². The quantitative estimate of drug-likeness (QED) is 0.0208. The number of carbonyl (C=O) groups excluding carboxylic acids is 5. The van der Waals surface area contributed by atoms with E-state index in [0.29, 0.717) is 99.1 Å². The standard InChI is InChI=1S/C33H29FN2O3.C31H26ClFN2O2.C31H27FN2O3.C31H27FN2O2/c1-21(37)30-17-23(18-31(35-30)22-11-13-24(34)14-12-22)33(2)15-16-36(20-33)32(38)39-19-29-27-9-5-3-7-25(27)26-8-4-6-10-28(26)29;1-31(21-16-28(34-29(32)17-21)20-10-12-22(33)13-11-20)14-15-35(19-31)30(36)37-18-27-25-8-4-2-6-23(25)24-7-3-5-9-26(24)27;1-31(22-14-16-34(36)29(18-22)21-10-12-23(32)13-11-21)15-17-33(20-31)30(35)37-19-28-26-8-4-2-6-24(26)25-7-3-5-9-27(25)28;1-31(22-14-16-33-29(18-22)21-10-12-23(32)13-11-21)15-17-34(20-31)30(35)36-19-28-26-8-4-2-6-24(26)25-7-3-5-9-27(25)28/h3-14,17-18,29H,15-16,19-20H2,1-2H3;2-13,16-17,27H,14-15,18-19H2,1H3;2-14,16,18,28H,15,17,19-20H2,1H3;2-14,16,18,28H,15,17,19-20H2,1H3. The first-order chi connectivity index (χ1) is 72.2. The molecule has 0 bridgehead atoms. The van der Waals surface area contributed by atoms with Crippen molar-refractivity contribution < 1.29 is 65.2 Å². The Morgan fingerprint density at radius 1 is 0.329 bits per heavy atom. The van der Waals surface area contributed by atoms with E-state index in [1.165, 1.54) is 151 Å². The maximum absolute atomic E-state index is 13.5. The van der Waals surface area contributed by atoms with E-state index in [1.807, 2.05) is 126 Å². The molecule has 23 heteroatoms. The molecule has 8 aliphatic rings. The van der Waals surface area contributed by atoms with E-state index in [1.54, 1.807) is 75.5 Å². The number of ether oxygens (including phenoxy) is 4. The second-order valence-corrected chi connectivity index (χ2v) is 41.4. The van der Waals surface area contributed by atoms with Crippen molar-refractivity contribution in [2.75, 3.05) is 78.8 Å². The van der Waals surface area contributed by atoms with Crippen molar-refractivity contribution in [1.82, 2.24) is 34.6 Å². The predicted molar refractivity (Wildman–Crippen MR) is 569 cm³/mol. The zero-order chi connectivity index (χ0) is 103. The number of pyridine rings is 4. The van der Waals surface area contributed by atoms with E-state index >= 15 is 0 Å². The molecular formula is C126H109ClF4N8O10. The molecule has 4 amide bonds. The number of aromatic nitrogens is 4. The van der Waals surface area contributed by atoms with Crippen molar-refractivity contribution in [1.29, 1.82) is 0 Å². The maximum Gasteiger partial charge on any atom is 0.409 e. The van der Waals surface area contributed by atoms with Gasteiger partial charge in [-0.3, -0.25) is 9.78 Å². The molecule has 4 atom stereocenters. The lowest BCUT2D eigenvalue weighted by molar-refractivity contribution is -0.593. The van der Waals surface area contributed by atoms with Gasteiger partial charge < -0.3 is 43.8 Å². The summed E-state index contributed by atoms with van der Waals surface area (Å²) in [4.78, 5) is 85.5. The Balaban J connectivity index is 0.000000116. The van der Waals surface area contributed by atoms with Crippen molar-refractivity contribution in [3.05, 3.63) is 458 Å². The second kappa shape index (κ2) is 41.6. The van der Waals surface area contributed by atoms with E-state index in [2.05, 4.69) is 158 Å². The molecule has 8 heterocycles. The minimum atomic E-state index is -0.381. The van der Waals surface area contributed by atoms with Gasteiger partial charge in [0.25, 0.3) is 0 Å². The largest absolute Gasteiger partial charge is 0.618 e. The summed E-state index contributed by atoms with van der Waals surface area (Å²) in [6.45, 7) is 15.6. The number of ketones is 1. The zero-order valence-electron chi connectivity index (χ0n) is 83.2. The van der Waals surface area contributed by atoms with Crippen LogP contribution in [0.3, 0.4) is 0 Å². The number of amides is 4. The van der Waals surface area contributed by atoms with Gasteiger partial charge in [-0.05, 0) is 270 Å². The third-order valence-corrected chi connectivity index (χ3v) is 31.5. The number of nitrogens with zero attached hydrogens (tertiary/aromatic N) is 8. The van der Waals surface area contributed by atoms with Crippen LogP contribution in [-0.4, -0.2) is 143 Å². The summed E-state index contributed by atoms with van der Waals surface area (Å²) < 4.78 is 78.0. The summed E-state index contributed by atoms with van der Waals surface area (Å²) in [6, 6.07) is 106. The number of fused-ring (bicyclic) bond motifs is 12. The first-order valence-corrected chi connectivity index (χ1v) is 50.9. The smallest absolute Gasteiger partial charge is 0.409 e. The lowest BCUT2D eigenvalue weighted by Crippen LogP contribution is -2.35. The Bertz CT molecular complexity index is 7630. The van der Waals surface area contributed by atoms with Crippen LogP contribution in [0.2, 0.25) is 5.15 Å². The summed E-state index contributed by atoms with van der Waals surface area (Å²) in [5, 5.41) is 12.8. The molecule has 24 rings (SSSR count). The van der Waals surface area contributed by atoms with E-state index in [0.717, 1.165) is 75.1 Å². The molecule has 4 aliphatic heterocycles. The van der Waals surface area contributed by atoms with Gasteiger partial charge in [-0.25, -0.2) is 46.7 Å². The Kier molecular flexibility index (Phi) is 27.6. The summed E-state index contributed by atoms with van der Waals surface area (Å²) in [6.07, 6.45) is 5.14. The van der Waals surface area contributed by atoms with Gasteiger partial charge in [0.2, 0.25) is 5.69 Å². The number of Topliss-reactive ketones (excluding diaryl/α,β-unsaturated/α-hetero) is 1. The van der Waals surface area contributed by atoms with E-state index < -0.39 is 0 Å². The van der Waals surface area contributed by atoms with Crippen molar-refractivity contribution in [2.24, 2.45) is 0 Å². The lowest BCUT2D eigenvalue weighted by atomic mass is 9.81. The molecule has 4 aromatic heterocycles. The first kappa shape index (κ1) is 98.8. The second-order valence-electron chi connectivity index (χ2n) is 41.0. The summed E-state index contributed by atoms with van der Waals surface area (Å²) in [7, 11) is 0. The van der Waals surface area contributed by atoms with Crippen LogP contribution in [0, 0.1) is 28.5 Å². The average molecular weight is 2010 g/mol. The monoisotopic (exact) mass is 2000 g/mol. The fourth-order valence-corrected chi connectivity index (χ4v) is 23.1. The molecule has 4 aliphatic carbocycles. The normalized spacial score (nSPS) is 18.4. The SMILES string of the molecule is CC(=O)c1cc(C2(C)CCN(C(=O)OCC3c4ccccc4-c4ccccc43)C2)cc(-c2ccc(F)cc2)n1.CC1(c2cc(Cl)nc(-c3ccc(F)cc3)c2)CCN(C(=O)OCC2c3ccccc3-c3ccccc32)C1.CC1(c2cc[n+]([O-])c(-c3ccc(F)cc3)c2)CCN(C(=O)OCC2c3ccccc3-c3ccccc32)C1.CC1(c2ccnc(-c3ccc(F)cc3)c2)CCN(C(=O)OCC2c3ccccc3-c3ccccc32)C1. The molecule has 18 nitrogen and oxygen atoms in total. The third-order valence-electron chi connectivity index (χ3n) is 31.3. The van der Waals surface area contributed by atoms with Crippen molar-refractivity contribution >= 4 is 41.8 Å². The van der Waals surface area contributed by atoms with Crippen LogP contribution >= 0.6 is 11.6 Å². The first-order valence-electron chi connectivity index (χ1n) is 50.5. The molecule has 4 unspecified atom stereocenters. The van der Waals surface area contributed by atoms with E-state index in [9.17, 15) is 46.7 Å². The zero-order valence-corrected chi connectivity index (χ0v) is 83.9. The molecule has 149 heavy (non-hydrogen) atoms. The van der Waals surface area contributed by atoms with Gasteiger partial charge >= 0.3 is 24.4 Å². The minimum absolute atomic E-state index is 0.00641. The van der Waals surface area contributed by atoms with Gasteiger partial charge in [-0.2, -0.15) is 4.73 Å². The molecule has 4 fully saturated rings. The molecular weight excluding hydrogens is 1900 g/mol. The predicted octanol–water partition coefficient (Wildman–Crippen LogP) is 27.3. The van der Waals surface area contributed by atoms with Gasteiger partial charge in [0.15, 0.2) is 12.0 Å². The summed E-state index contributed by atoms with van der Waals surface area (Å²) in [5.74, 6) is -1.28. The highest BCUT2D eigenvalue weighted by Gasteiger charge is 2.46. The van der Waals surface area contributed by atoms with Crippen molar-refractivity contribution in [3.63, 3.8) is 0 Å². The summed E-state index contributed by atoms with van der Waals surface area (Å²) >= 11 is 6.39. The Hall–Kier alpha value is -16.2. The van der Waals surface area contributed by atoms with Crippen LogP contribution in [0.15, 0.2) is 352 Å². The van der Waals surface area contributed by atoms with E-state index in [4.69, 9.17) is 30.5 Å². The highest BCUT2D eigenvalue weighted by Crippen LogP contribution is 2.51. The fraction of sp³-hybridized carbons (Fsp3) is 0.230. The minimum Gasteiger partial charge on any atom is -0.618 e. The van der Waals surface area contributed by atoms with Crippen LogP contribution in [-0.2, 0) is 40.6 Å². The van der Waals surface area contributed by atoms with Gasteiger partial charge in [-0.15, -0.1) is 0 Å². The lowest BCUT2D eigenvalue weighted by Gasteiger charge is -2.26. The third kappa shape index (κ3) is 20.3. The number of rotatable bonds is 17. The molecule has 0 spiro atoms. The number of hydrogen-bond donors (Lipinski definition) is 0. The molecule has 12 aromatic carbocycles. The van der Waals surface area contributed by atoms with Crippen LogP contribution in [0.4, 0.5) is 36.7 Å². The fourth-order valence-electron chi connectivity index (χ4n) is 22.9. The average Bonchev–Trinajstić information content (AvgIpc) is 1.62. The molecule has 0 N–H and O–H groups in total. The number of likely N-dealkylation sites (tertiary alicyclic amines) is 4. The highest BCUT2D eigenvalue weighted by molar-refractivity contribution is 6.29. The number of benzene rings is 12. The van der Waals surface area contributed by atoms with Crippen LogP contribution in [0.5, 0.6) is 0 Å². The number of carbonyl (C=O) groups is 5. The summed E-state index contributed by atoms with van der Waals surface area (Å²) in [5.41, 5.74) is 27.9. The highest BCUT2D eigenvalue weighted by atomic mass is 35.5. The van der Waals surface area contributed by atoms with Crippen LogP contribution in [0.25, 0.3) is 89.5 Å². The van der Waals surface area contributed by atoms with Gasteiger partial charge in [0, 0.05) is 145 Å². The Morgan fingerprint density at radius 3 is 0.899 bits per heavy atom. The van der Waals surface area contributed by atoms with Crippen LogP contribution in [0.1, 0.15) is 161 Å². The van der Waals surface area contributed by atoms with Gasteiger partial charge in [0.05, 0.1) is 17.1 Å². The maximum atomic E-state index is 13.5. The number of hydrogen-bond acceptors (Lipinski definition) is 13. The van der Waals surface area contributed by atoms with E-state index in [-0.39, 0.29) is 112 Å². The van der Waals surface area contributed by atoms with Crippen molar-refractivity contribution in [2.45, 2.75) is 106 Å². The Labute approximate surface area is 868 Å². The molecule has 0 radical (unpaired) electrons.